The molecule has 0 saturated heterocycles. The Morgan fingerprint density at radius 2 is 1.67 bits per heavy atom. The van der Waals surface area contributed by atoms with E-state index in [1.807, 2.05) is 32.7 Å². The summed E-state index contributed by atoms with van der Waals surface area (Å²) < 4.78 is 78.2. The van der Waals surface area contributed by atoms with E-state index in [4.69, 9.17) is 9.51 Å². The molecule has 0 aromatic carbocycles. The minimum atomic E-state index is -4.23. The maximum atomic E-state index is 12.6. The van der Waals surface area contributed by atoms with Crippen molar-refractivity contribution >= 4 is 22.7 Å². The van der Waals surface area contributed by atoms with E-state index in [9.17, 15) is 26.3 Å². The van der Waals surface area contributed by atoms with Crippen molar-refractivity contribution in [1.82, 2.24) is 19.9 Å². The number of aryl methyl sites for hydroxylation is 3. The van der Waals surface area contributed by atoms with E-state index in [2.05, 4.69) is 47.9 Å². The van der Waals surface area contributed by atoms with Crippen LogP contribution in [0.4, 0.5) is 38.0 Å². The average molecular weight is 659 g/mol. The molecule has 3 aromatic heterocycles. The lowest BCUT2D eigenvalue weighted by molar-refractivity contribution is -0.125. The van der Waals surface area contributed by atoms with Crippen LogP contribution in [0.15, 0.2) is 54.1 Å². The third-order valence-corrected chi connectivity index (χ3v) is 7.07. The van der Waals surface area contributed by atoms with Crippen molar-refractivity contribution < 1.29 is 30.9 Å². The summed E-state index contributed by atoms with van der Waals surface area (Å²) in [5.74, 6) is 2.77. The summed E-state index contributed by atoms with van der Waals surface area (Å²) in [5.41, 5.74) is 1.94. The smallest absolute Gasteiger partial charge is 0.360 e. The Kier molecular flexibility index (Phi) is 16.1. The zero-order valence-corrected chi connectivity index (χ0v) is 28.0. The van der Waals surface area contributed by atoms with Gasteiger partial charge in [0, 0.05) is 55.8 Å². The maximum absolute atomic E-state index is 12.6. The normalized spacial score (nSPS) is 13.2. The van der Waals surface area contributed by atoms with Gasteiger partial charge in [-0.05, 0) is 52.5 Å². The second-order valence-electron chi connectivity index (χ2n) is 10.6. The fourth-order valence-corrected chi connectivity index (χ4v) is 4.48. The van der Waals surface area contributed by atoms with Crippen LogP contribution in [-0.4, -0.2) is 51.9 Å². The highest BCUT2D eigenvalue weighted by Gasteiger charge is 2.28. The fourth-order valence-electron chi connectivity index (χ4n) is 4.48. The van der Waals surface area contributed by atoms with Crippen LogP contribution in [0.1, 0.15) is 70.4 Å². The van der Waals surface area contributed by atoms with Crippen LogP contribution in [0.5, 0.6) is 0 Å². The zero-order chi connectivity index (χ0) is 35.2. The Hall–Kier alpha value is -3.77. The number of hydrogen-bond donors (Lipinski definition) is 0. The highest BCUT2D eigenvalue weighted by Crippen LogP contribution is 2.32. The molecule has 0 N–H and O–H groups in total. The van der Waals surface area contributed by atoms with E-state index in [1.165, 1.54) is 25.3 Å². The van der Waals surface area contributed by atoms with E-state index in [0.717, 1.165) is 54.2 Å². The van der Waals surface area contributed by atoms with Gasteiger partial charge in [0.25, 0.3) is 0 Å². The first-order valence-corrected chi connectivity index (χ1v) is 15.3. The second-order valence-corrected chi connectivity index (χ2v) is 10.6. The number of nitrogens with zero attached hydrogens (tertiary/aromatic N) is 6. The second kappa shape index (κ2) is 18.4. The Balaban J connectivity index is 0.000000840. The molecule has 4 rings (SSSR count). The third-order valence-electron chi connectivity index (χ3n) is 7.07. The highest BCUT2D eigenvalue weighted by molar-refractivity contribution is 5.81. The summed E-state index contributed by atoms with van der Waals surface area (Å²) in [6.07, 6.45) is -2.97. The van der Waals surface area contributed by atoms with Gasteiger partial charge in [0.15, 0.2) is 11.5 Å². The van der Waals surface area contributed by atoms with Gasteiger partial charge in [-0.2, -0.15) is 31.4 Å². The van der Waals surface area contributed by atoms with E-state index >= 15 is 0 Å². The van der Waals surface area contributed by atoms with E-state index in [1.54, 1.807) is 17.7 Å². The molecule has 13 heteroatoms. The van der Waals surface area contributed by atoms with Crippen molar-refractivity contribution in [3.05, 3.63) is 66.6 Å². The Labute approximate surface area is 268 Å². The van der Waals surface area contributed by atoms with E-state index < -0.39 is 24.3 Å². The largest absolute Gasteiger partial charge is 0.411 e. The monoisotopic (exact) mass is 658 g/mol. The number of fused-ring (bicyclic) bond motifs is 1. The molecule has 3 heterocycles. The van der Waals surface area contributed by atoms with E-state index in [0.29, 0.717) is 24.0 Å². The minimum absolute atomic E-state index is 0.264. The summed E-state index contributed by atoms with van der Waals surface area (Å²) >= 11 is 0. The molecule has 1 saturated carbocycles. The predicted octanol–water partition coefficient (Wildman–Crippen LogP) is 9.67. The third kappa shape index (κ3) is 12.2. The van der Waals surface area contributed by atoms with Crippen LogP contribution in [0, 0.1) is 19.8 Å². The molecule has 0 amide bonds. The minimum Gasteiger partial charge on any atom is -0.360 e. The van der Waals surface area contributed by atoms with Crippen molar-refractivity contribution in [3.63, 3.8) is 0 Å². The van der Waals surface area contributed by atoms with Gasteiger partial charge < -0.3 is 14.3 Å². The first-order chi connectivity index (χ1) is 21.6. The molecule has 1 aliphatic rings. The van der Waals surface area contributed by atoms with Crippen LogP contribution in [0.2, 0.25) is 0 Å². The van der Waals surface area contributed by atoms with Gasteiger partial charge in [0.1, 0.15) is 11.6 Å². The maximum Gasteiger partial charge on any atom is 0.411 e. The molecular weight excluding hydrogens is 610 g/mol. The predicted molar refractivity (Wildman–Crippen MR) is 174 cm³/mol. The molecule has 0 unspecified atom stereocenters. The molecule has 7 nitrogen and oxygen atoms in total. The number of allylic oxidation sites excluding steroid dienone is 2. The number of anilines is 2. The molecule has 3 aromatic rings. The fraction of sp³-hybridized carbons (Fsp3) is 0.545. The number of aromatic nitrogens is 4. The van der Waals surface area contributed by atoms with Gasteiger partial charge in [-0.15, -0.1) is 13.2 Å². The van der Waals surface area contributed by atoms with Crippen LogP contribution in [0.3, 0.4) is 0 Å². The van der Waals surface area contributed by atoms with Crippen molar-refractivity contribution in [1.29, 1.82) is 0 Å². The van der Waals surface area contributed by atoms with Gasteiger partial charge in [-0.1, -0.05) is 44.2 Å². The molecule has 46 heavy (non-hydrogen) atoms. The van der Waals surface area contributed by atoms with Crippen molar-refractivity contribution in [2.24, 2.45) is 13.0 Å². The number of alkyl halides is 6. The Morgan fingerprint density at radius 3 is 2.13 bits per heavy atom. The SMILES string of the molecule is C=C.C=C(C)C(F)(F)F.CC.CCN(CC1CCC1)c1nc2c(cc1CN(C/C=C/CC(F)(F)F)c1cc(C)on1)c(C)nn2C. The highest BCUT2D eigenvalue weighted by atomic mass is 19.4. The van der Waals surface area contributed by atoms with Crippen LogP contribution < -0.4 is 9.80 Å². The molecule has 0 bridgehead atoms. The van der Waals surface area contributed by atoms with Gasteiger partial charge in [0.2, 0.25) is 0 Å². The van der Waals surface area contributed by atoms with Crippen LogP contribution in [0.25, 0.3) is 11.0 Å². The Morgan fingerprint density at radius 1 is 1.07 bits per heavy atom. The van der Waals surface area contributed by atoms with Gasteiger partial charge in [0.05, 0.1) is 12.1 Å². The number of pyridine rings is 1. The first kappa shape index (κ1) is 40.3. The topological polar surface area (TPSA) is 63.2 Å². The molecule has 1 fully saturated rings. The van der Waals surface area contributed by atoms with Crippen LogP contribution >= 0.6 is 0 Å². The summed E-state index contributed by atoms with van der Waals surface area (Å²) in [4.78, 5) is 9.28. The van der Waals surface area contributed by atoms with Gasteiger partial charge >= 0.3 is 12.4 Å². The summed E-state index contributed by atoms with van der Waals surface area (Å²) in [6.45, 7) is 22.0. The number of hydrogen-bond acceptors (Lipinski definition) is 6. The Bertz CT molecular complexity index is 1390. The summed E-state index contributed by atoms with van der Waals surface area (Å²) in [6, 6.07) is 3.91. The van der Waals surface area contributed by atoms with Gasteiger partial charge in [-0.3, -0.25) is 4.68 Å². The van der Waals surface area contributed by atoms with E-state index in [-0.39, 0.29) is 6.54 Å². The first-order valence-electron chi connectivity index (χ1n) is 15.3. The summed E-state index contributed by atoms with van der Waals surface area (Å²) in [7, 11) is 1.89. The molecule has 0 radical (unpaired) electrons. The number of rotatable bonds is 10. The van der Waals surface area contributed by atoms with Crippen LogP contribution in [-0.2, 0) is 13.6 Å². The molecule has 1 aliphatic carbocycles. The summed E-state index contributed by atoms with van der Waals surface area (Å²) in [5, 5.41) is 9.65. The van der Waals surface area contributed by atoms with Gasteiger partial charge in [-0.25, -0.2) is 4.98 Å². The molecule has 258 valence electrons. The molecule has 0 atom stereocenters. The average Bonchev–Trinajstić information content (AvgIpc) is 3.52. The van der Waals surface area contributed by atoms with Crippen molar-refractivity contribution in [2.45, 2.75) is 86.1 Å². The lowest BCUT2D eigenvalue weighted by Crippen LogP contribution is -2.34. The zero-order valence-electron chi connectivity index (χ0n) is 28.0. The van der Waals surface area contributed by atoms with Crippen molar-refractivity contribution in [2.75, 3.05) is 29.4 Å². The lowest BCUT2D eigenvalue weighted by Gasteiger charge is -2.34. The quantitative estimate of drug-likeness (QED) is 0.160. The standard InChI is InChI=1S/C25H33F3N6O.C4H5F3.C2H6.C2H4/c1-5-33(15-19-9-8-10-19)23-20(14-21-18(3)30-32(4)24(21)29-23)16-34(22-13-17(2)35-31-22)12-7-6-11-25(26,27)28;1-3(2)4(5,6)7;2*1-2/h6-7,13-14,19H,5,8-12,15-16H2,1-4H3;1H2,2H3;1-2H3;1-2H2/b7-6+;;;. The molecule has 0 aliphatic heterocycles. The lowest BCUT2D eigenvalue weighted by atomic mass is 9.85. The molecular formula is C33H48F6N6O. The molecule has 0 spiro atoms. The number of halogens is 6. The van der Waals surface area contributed by atoms with Crippen molar-refractivity contribution in [3.8, 4) is 0 Å².